The van der Waals surface area contributed by atoms with Gasteiger partial charge in [-0.05, 0) is 62.1 Å². The van der Waals surface area contributed by atoms with Crippen LogP contribution in [-0.2, 0) is 19.3 Å². The first-order valence-corrected chi connectivity index (χ1v) is 8.47. The van der Waals surface area contributed by atoms with Crippen molar-refractivity contribution in [1.82, 2.24) is 5.32 Å². The fourth-order valence-corrected chi connectivity index (χ4v) is 4.46. The van der Waals surface area contributed by atoms with Crippen LogP contribution in [0.25, 0.3) is 0 Å². The van der Waals surface area contributed by atoms with Gasteiger partial charge in [-0.2, -0.15) is 0 Å². The minimum Gasteiger partial charge on any atom is -0.312 e. The lowest BCUT2D eigenvalue weighted by molar-refractivity contribution is 0.601. The summed E-state index contributed by atoms with van der Waals surface area (Å²) in [5.74, 6) is 0. The van der Waals surface area contributed by atoms with Crippen LogP contribution in [0.1, 0.15) is 33.3 Å². The van der Waals surface area contributed by atoms with Crippen molar-refractivity contribution in [3.05, 3.63) is 55.2 Å². The molecule has 0 saturated carbocycles. The van der Waals surface area contributed by atoms with Crippen LogP contribution < -0.4 is 5.32 Å². The Morgan fingerprint density at radius 1 is 1.20 bits per heavy atom. The Kier molecular flexibility index (Phi) is 4.37. The molecule has 106 valence electrons. The van der Waals surface area contributed by atoms with E-state index in [-0.39, 0.29) is 0 Å². The van der Waals surface area contributed by atoms with Gasteiger partial charge in [0.25, 0.3) is 0 Å². The molecule has 1 aromatic heterocycles. The molecular weight excluding hydrogens is 309 g/mol. The van der Waals surface area contributed by atoms with Crippen molar-refractivity contribution < 1.29 is 0 Å². The van der Waals surface area contributed by atoms with E-state index in [1.165, 1.54) is 29.7 Å². The quantitative estimate of drug-likeness (QED) is 0.829. The Balaban J connectivity index is 1.80. The Morgan fingerprint density at radius 2 is 2.05 bits per heavy atom. The molecule has 4 heteroatoms. The van der Waals surface area contributed by atoms with Gasteiger partial charge < -0.3 is 5.32 Å². The van der Waals surface area contributed by atoms with Crippen LogP contribution in [-0.4, -0.2) is 7.05 Å². The molecule has 2 aromatic rings. The highest BCUT2D eigenvalue weighted by Crippen LogP contribution is 2.35. The molecule has 1 unspecified atom stereocenters. The molecule has 1 nitrogen and oxygen atoms in total. The smallest absolute Gasteiger partial charge is 0.0595 e. The number of nitrogens with one attached hydrogen (secondary N) is 1. The van der Waals surface area contributed by atoms with Gasteiger partial charge in [0.2, 0.25) is 0 Å². The molecule has 1 aromatic carbocycles. The van der Waals surface area contributed by atoms with E-state index in [2.05, 4.69) is 17.4 Å². The van der Waals surface area contributed by atoms with Gasteiger partial charge in [-0.3, -0.25) is 0 Å². The summed E-state index contributed by atoms with van der Waals surface area (Å²) in [5, 5.41) is 4.67. The highest BCUT2D eigenvalue weighted by molar-refractivity contribution is 7.12. The summed E-state index contributed by atoms with van der Waals surface area (Å²) in [4.78, 5) is 3.01. The van der Waals surface area contributed by atoms with E-state index in [1.807, 2.05) is 30.5 Å². The third-order valence-electron chi connectivity index (χ3n) is 3.88. The predicted molar refractivity (Wildman–Crippen MR) is 88.3 cm³/mol. The van der Waals surface area contributed by atoms with Gasteiger partial charge in [-0.15, -0.1) is 11.3 Å². The summed E-state index contributed by atoms with van der Waals surface area (Å²) in [5.41, 5.74) is 2.77. The number of hydrogen-bond donors (Lipinski definition) is 1. The monoisotopic (exact) mass is 325 g/mol. The molecule has 1 heterocycles. The molecule has 0 bridgehead atoms. The lowest BCUT2D eigenvalue weighted by Gasteiger charge is -2.15. The maximum atomic E-state index is 6.10. The second-order valence-corrected chi connectivity index (χ2v) is 7.23. The van der Waals surface area contributed by atoms with Gasteiger partial charge in [0.15, 0.2) is 0 Å². The average molecular weight is 326 g/mol. The summed E-state index contributed by atoms with van der Waals surface area (Å²) < 4.78 is 0. The van der Waals surface area contributed by atoms with Gasteiger partial charge in [0, 0.05) is 15.8 Å². The number of benzene rings is 1. The van der Waals surface area contributed by atoms with Crippen molar-refractivity contribution in [1.29, 1.82) is 0 Å². The summed E-state index contributed by atoms with van der Waals surface area (Å²) >= 11 is 14.0. The fraction of sp³-hybridized carbons (Fsp3) is 0.375. The van der Waals surface area contributed by atoms with Crippen LogP contribution in [0, 0.1) is 0 Å². The van der Waals surface area contributed by atoms with E-state index in [9.17, 15) is 0 Å². The zero-order valence-electron chi connectivity index (χ0n) is 11.4. The van der Waals surface area contributed by atoms with Gasteiger partial charge in [0.1, 0.15) is 0 Å². The van der Waals surface area contributed by atoms with Crippen molar-refractivity contribution in [3.63, 3.8) is 0 Å². The maximum Gasteiger partial charge on any atom is 0.0595 e. The third-order valence-corrected chi connectivity index (χ3v) is 5.97. The van der Waals surface area contributed by atoms with Crippen LogP contribution >= 0.6 is 34.5 Å². The molecule has 0 radical (unpaired) electrons. The lowest BCUT2D eigenvalue weighted by Crippen LogP contribution is -2.17. The highest BCUT2D eigenvalue weighted by atomic mass is 35.5. The Hall–Kier alpha value is -0.540. The Labute approximate surface area is 133 Å². The normalized spacial score (nSPS) is 15.3. The first kappa shape index (κ1) is 14.4. The van der Waals surface area contributed by atoms with E-state index >= 15 is 0 Å². The molecule has 0 aliphatic heterocycles. The first-order valence-electron chi connectivity index (χ1n) is 6.90. The summed E-state index contributed by atoms with van der Waals surface area (Å²) in [7, 11) is 2.02. The standard InChI is InChI=1S/C16H17Cl2NS/c1-19-14(8-10-5-6-12(17)13(18)7-10)16-9-11-3-2-4-15(11)20-16/h5-7,9,14,19H,2-4,8H2,1H3. The van der Waals surface area contributed by atoms with E-state index in [0.29, 0.717) is 16.1 Å². The third kappa shape index (κ3) is 2.89. The van der Waals surface area contributed by atoms with Crippen LogP contribution in [0.3, 0.4) is 0 Å². The van der Waals surface area contributed by atoms with Crippen molar-refractivity contribution in [2.75, 3.05) is 7.05 Å². The summed E-state index contributed by atoms with van der Waals surface area (Å²) in [6.07, 6.45) is 4.75. The van der Waals surface area contributed by atoms with Crippen molar-refractivity contribution in [2.24, 2.45) is 0 Å². The van der Waals surface area contributed by atoms with Crippen molar-refractivity contribution in [3.8, 4) is 0 Å². The second kappa shape index (κ2) is 6.07. The average Bonchev–Trinajstić information content (AvgIpc) is 3.01. The number of likely N-dealkylation sites (N-methyl/N-ethyl adjacent to an activating group) is 1. The van der Waals surface area contributed by atoms with Gasteiger partial charge in [-0.25, -0.2) is 0 Å². The second-order valence-electron chi connectivity index (χ2n) is 5.24. The Bertz CT molecular complexity index is 599. The highest BCUT2D eigenvalue weighted by Gasteiger charge is 2.19. The molecule has 20 heavy (non-hydrogen) atoms. The molecule has 0 saturated heterocycles. The molecule has 1 N–H and O–H groups in total. The SMILES string of the molecule is CNC(Cc1ccc(Cl)c(Cl)c1)c1cc2c(s1)CCC2. The molecule has 1 atom stereocenters. The topological polar surface area (TPSA) is 12.0 Å². The van der Waals surface area contributed by atoms with Crippen molar-refractivity contribution >= 4 is 34.5 Å². The Morgan fingerprint density at radius 3 is 2.75 bits per heavy atom. The van der Waals surface area contributed by atoms with Gasteiger partial charge in [-0.1, -0.05) is 29.3 Å². The minimum atomic E-state index is 0.350. The number of thiophene rings is 1. The van der Waals surface area contributed by atoms with E-state index in [1.54, 1.807) is 10.4 Å². The molecular formula is C16H17Cl2NS. The molecule has 0 amide bonds. The number of hydrogen-bond acceptors (Lipinski definition) is 2. The zero-order chi connectivity index (χ0) is 14.1. The van der Waals surface area contributed by atoms with Crippen LogP contribution in [0.2, 0.25) is 10.0 Å². The summed E-state index contributed by atoms with van der Waals surface area (Å²) in [6.45, 7) is 0. The van der Waals surface area contributed by atoms with Crippen molar-refractivity contribution in [2.45, 2.75) is 31.7 Å². The number of fused-ring (bicyclic) bond motifs is 1. The molecule has 3 rings (SSSR count). The molecule has 0 spiro atoms. The molecule has 1 aliphatic rings. The zero-order valence-corrected chi connectivity index (χ0v) is 13.7. The van der Waals surface area contributed by atoms with Crippen LogP contribution in [0.15, 0.2) is 24.3 Å². The molecule has 0 fully saturated rings. The van der Waals surface area contributed by atoms with Crippen LogP contribution in [0.4, 0.5) is 0 Å². The predicted octanol–water partition coefficient (Wildman–Crippen LogP) is 5.05. The number of halogens is 2. The molecule has 1 aliphatic carbocycles. The van der Waals surface area contributed by atoms with E-state index in [0.717, 1.165) is 6.42 Å². The van der Waals surface area contributed by atoms with E-state index in [4.69, 9.17) is 23.2 Å². The van der Waals surface area contributed by atoms with E-state index < -0.39 is 0 Å². The lowest BCUT2D eigenvalue weighted by atomic mass is 10.0. The number of aryl methyl sites for hydroxylation is 2. The van der Waals surface area contributed by atoms with Crippen LogP contribution in [0.5, 0.6) is 0 Å². The maximum absolute atomic E-state index is 6.10. The number of rotatable bonds is 4. The minimum absolute atomic E-state index is 0.350. The van der Waals surface area contributed by atoms with Gasteiger partial charge >= 0.3 is 0 Å². The first-order chi connectivity index (χ1) is 9.67. The summed E-state index contributed by atoms with van der Waals surface area (Å²) in [6, 6.07) is 8.63. The van der Waals surface area contributed by atoms with Gasteiger partial charge in [0.05, 0.1) is 10.0 Å². The largest absolute Gasteiger partial charge is 0.312 e. The fourth-order valence-electron chi connectivity index (χ4n) is 2.77.